The Bertz CT molecular complexity index is 344. The molecule has 0 bridgehead atoms. The molecule has 0 saturated heterocycles. The average molecular weight is 276 g/mol. The van der Waals surface area contributed by atoms with Crippen molar-refractivity contribution in [2.24, 2.45) is 5.73 Å². The van der Waals surface area contributed by atoms with Gasteiger partial charge >= 0.3 is 0 Å². The smallest absolute Gasteiger partial charge is 0.0480 e. The van der Waals surface area contributed by atoms with Gasteiger partial charge in [-0.25, -0.2) is 0 Å². The van der Waals surface area contributed by atoms with Crippen molar-refractivity contribution in [3.8, 4) is 0 Å². The van der Waals surface area contributed by atoms with Gasteiger partial charge in [-0.3, -0.25) is 0 Å². The van der Waals surface area contributed by atoms with Crippen LogP contribution in [0.5, 0.6) is 0 Å². The highest BCUT2D eigenvalue weighted by Gasteiger charge is 2.07. The first kappa shape index (κ1) is 14.8. The molecule has 2 nitrogen and oxygen atoms in total. The molecule has 0 aromatic heterocycles. The first-order valence-corrected chi connectivity index (χ1v) is 6.66. The molecular weight excluding hydrogens is 257 g/mol. The molecule has 4 heteroatoms. The summed E-state index contributed by atoms with van der Waals surface area (Å²) < 4.78 is 5.41. The van der Waals surface area contributed by atoms with Crippen LogP contribution in [0.25, 0.3) is 0 Å². The fraction of sp³-hybridized carbons (Fsp3) is 0.538. The van der Waals surface area contributed by atoms with Crippen molar-refractivity contribution in [2.75, 3.05) is 13.2 Å². The van der Waals surface area contributed by atoms with Gasteiger partial charge in [0, 0.05) is 29.3 Å². The molecule has 0 aliphatic heterocycles. The second-order valence-electron chi connectivity index (χ2n) is 4.10. The molecule has 0 heterocycles. The van der Waals surface area contributed by atoms with Crippen LogP contribution in [0.15, 0.2) is 18.2 Å². The second kappa shape index (κ2) is 7.93. The number of hydrogen-bond donors (Lipinski definition) is 1. The molecule has 0 saturated carbocycles. The molecule has 96 valence electrons. The molecular formula is C13H19Cl2NO. The lowest BCUT2D eigenvalue weighted by molar-refractivity contribution is 0.127. The minimum atomic E-state index is 0.0746. The summed E-state index contributed by atoms with van der Waals surface area (Å²) in [5.74, 6) is 0. The van der Waals surface area contributed by atoms with Gasteiger partial charge in [-0.05, 0) is 37.0 Å². The largest absolute Gasteiger partial charge is 0.381 e. The third kappa shape index (κ3) is 5.73. The highest BCUT2D eigenvalue weighted by Crippen LogP contribution is 2.22. The molecule has 0 aliphatic rings. The van der Waals surface area contributed by atoms with E-state index in [1.807, 2.05) is 12.1 Å². The summed E-state index contributed by atoms with van der Waals surface area (Å²) in [5, 5.41) is 1.33. The molecule has 17 heavy (non-hydrogen) atoms. The molecule has 0 amide bonds. The molecule has 0 spiro atoms. The molecule has 1 aromatic carbocycles. The minimum absolute atomic E-state index is 0.0746. The zero-order chi connectivity index (χ0) is 12.7. The Labute approximate surface area is 113 Å². The van der Waals surface area contributed by atoms with Gasteiger partial charge in [-0.15, -0.1) is 0 Å². The monoisotopic (exact) mass is 275 g/mol. The molecule has 0 aliphatic carbocycles. The quantitative estimate of drug-likeness (QED) is 0.771. The Morgan fingerprint density at radius 2 is 2.06 bits per heavy atom. The van der Waals surface area contributed by atoms with Crippen molar-refractivity contribution in [1.29, 1.82) is 0 Å². The fourth-order valence-electron chi connectivity index (χ4n) is 1.55. The number of rotatable bonds is 7. The normalized spacial score (nSPS) is 12.7. The Morgan fingerprint density at radius 3 is 2.71 bits per heavy atom. The van der Waals surface area contributed by atoms with Crippen LogP contribution in [0.3, 0.4) is 0 Å². The third-order valence-electron chi connectivity index (χ3n) is 2.48. The van der Waals surface area contributed by atoms with E-state index in [1.165, 1.54) is 0 Å². The third-order valence-corrected chi connectivity index (χ3v) is 3.07. The van der Waals surface area contributed by atoms with Crippen molar-refractivity contribution in [3.63, 3.8) is 0 Å². The molecule has 0 radical (unpaired) electrons. The van der Waals surface area contributed by atoms with E-state index in [2.05, 4.69) is 6.92 Å². The van der Waals surface area contributed by atoms with Crippen LogP contribution in [0.1, 0.15) is 25.3 Å². The first-order chi connectivity index (χ1) is 8.13. The number of halogens is 2. The molecule has 2 N–H and O–H groups in total. The molecule has 0 fully saturated rings. The predicted molar refractivity (Wildman–Crippen MR) is 73.9 cm³/mol. The van der Waals surface area contributed by atoms with Crippen LogP contribution in [0.2, 0.25) is 10.0 Å². The summed E-state index contributed by atoms with van der Waals surface area (Å²) >= 11 is 11.9. The maximum Gasteiger partial charge on any atom is 0.0480 e. The summed E-state index contributed by atoms with van der Waals surface area (Å²) in [7, 11) is 0. The van der Waals surface area contributed by atoms with E-state index in [4.69, 9.17) is 33.7 Å². The Balaban J connectivity index is 2.37. The van der Waals surface area contributed by atoms with Gasteiger partial charge in [0.1, 0.15) is 0 Å². The van der Waals surface area contributed by atoms with Crippen molar-refractivity contribution >= 4 is 23.2 Å². The lowest BCUT2D eigenvalue weighted by Crippen LogP contribution is -2.24. The molecule has 1 aromatic rings. The number of benzene rings is 1. The molecule has 1 unspecified atom stereocenters. The van der Waals surface area contributed by atoms with Crippen LogP contribution >= 0.6 is 23.2 Å². The number of hydrogen-bond acceptors (Lipinski definition) is 2. The molecule has 1 rings (SSSR count). The summed E-state index contributed by atoms with van der Waals surface area (Å²) in [5.41, 5.74) is 7.06. The van der Waals surface area contributed by atoms with E-state index < -0.39 is 0 Å². The highest BCUT2D eigenvalue weighted by atomic mass is 35.5. The van der Waals surface area contributed by atoms with Gasteiger partial charge in [0.25, 0.3) is 0 Å². The fourth-order valence-corrected chi connectivity index (χ4v) is 2.04. The van der Waals surface area contributed by atoms with Crippen molar-refractivity contribution < 1.29 is 4.74 Å². The van der Waals surface area contributed by atoms with E-state index in [-0.39, 0.29) is 6.04 Å². The van der Waals surface area contributed by atoms with Gasteiger partial charge in [-0.2, -0.15) is 0 Å². The van der Waals surface area contributed by atoms with Gasteiger partial charge in [0.05, 0.1) is 0 Å². The van der Waals surface area contributed by atoms with Crippen molar-refractivity contribution in [1.82, 2.24) is 0 Å². The Morgan fingerprint density at radius 1 is 1.29 bits per heavy atom. The van der Waals surface area contributed by atoms with Crippen LogP contribution < -0.4 is 5.73 Å². The van der Waals surface area contributed by atoms with Gasteiger partial charge in [0.15, 0.2) is 0 Å². The lowest BCUT2D eigenvalue weighted by atomic mass is 10.0. The van der Waals surface area contributed by atoms with Gasteiger partial charge < -0.3 is 10.5 Å². The van der Waals surface area contributed by atoms with E-state index in [0.717, 1.165) is 31.4 Å². The zero-order valence-corrected chi connectivity index (χ0v) is 11.6. The van der Waals surface area contributed by atoms with Gasteiger partial charge in [0.2, 0.25) is 0 Å². The topological polar surface area (TPSA) is 35.2 Å². The number of ether oxygens (including phenoxy) is 1. The zero-order valence-electron chi connectivity index (χ0n) is 10.1. The second-order valence-corrected chi connectivity index (χ2v) is 4.94. The van der Waals surface area contributed by atoms with Crippen LogP contribution in [-0.2, 0) is 11.2 Å². The van der Waals surface area contributed by atoms with E-state index in [0.29, 0.717) is 16.7 Å². The maximum atomic E-state index is 6.09. The SMILES string of the molecule is CCCOCCC(N)Cc1ccc(Cl)cc1Cl. The van der Waals surface area contributed by atoms with E-state index in [1.54, 1.807) is 6.07 Å². The molecule has 1 atom stereocenters. The predicted octanol–water partition coefficient (Wildman–Crippen LogP) is 3.68. The number of nitrogens with two attached hydrogens (primary N) is 1. The van der Waals surface area contributed by atoms with Gasteiger partial charge in [-0.1, -0.05) is 36.2 Å². The van der Waals surface area contributed by atoms with Crippen LogP contribution in [0.4, 0.5) is 0 Å². The van der Waals surface area contributed by atoms with Crippen molar-refractivity contribution in [2.45, 2.75) is 32.2 Å². The first-order valence-electron chi connectivity index (χ1n) is 5.90. The van der Waals surface area contributed by atoms with E-state index in [9.17, 15) is 0 Å². The summed E-state index contributed by atoms with van der Waals surface area (Å²) in [4.78, 5) is 0. The maximum absolute atomic E-state index is 6.09. The lowest BCUT2D eigenvalue weighted by Gasteiger charge is -2.13. The standard InChI is InChI=1S/C13H19Cl2NO/c1-2-6-17-7-5-12(16)8-10-3-4-11(14)9-13(10)15/h3-4,9,12H,2,5-8,16H2,1H3. The summed E-state index contributed by atoms with van der Waals surface area (Å²) in [6, 6.07) is 5.59. The minimum Gasteiger partial charge on any atom is -0.381 e. The average Bonchev–Trinajstić information content (AvgIpc) is 2.28. The van der Waals surface area contributed by atoms with Crippen molar-refractivity contribution in [3.05, 3.63) is 33.8 Å². The highest BCUT2D eigenvalue weighted by molar-refractivity contribution is 6.35. The van der Waals surface area contributed by atoms with E-state index >= 15 is 0 Å². The van der Waals surface area contributed by atoms with Crippen LogP contribution in [0, 0.1) is 0 Å². The summed E-state index contributed by atoms with van der Waals surface area (Å²) in [6.45, 7) is 3.60. The summed E-state index contributed by atoms with van der Waals surface area (Å²) in [6.07, 6.45) is 2.64. The Hall–Kier alpha value is -0.280. The van der Waals surface area contributed by atoms with Crippen LogP contribution in [-0.4, -0.2) is 19.3 Å². The Kier molecular flexibility index (Phi) is 6.90.